The Morgan fingerprint density at radius 3 is 2.62 bits per heavy atom. The van der Waals surface area contributed by atoms with E-state index in [0.29, 0.717) is 31.3 Å². The first kappa shape index (κ1) is 15.9. The maximum Gasteiger partial charge on any atom is 0.280 e. The summed E-state index contributed by atoms with van der Waals surface area (Å²) in [5.41, 5.74) is 2.23. The number of benzene rings is 2. The highest BCUT2D eigenvalue weighted by molar-refractivity contribution is 6.45. The molecule has 0 atom stereocenters. The molecule has 124 valence electrons. The minimum Gasteiger partial charge on any atom is -0.488 e. The van der Waals surface area contributed by atoms with Gasteiger partial charge in [0.25, 0.3) is 5.90 Å². The maximum absolute atomic E-state index is 5.95. The fourth-order valence-electron chi connectivity index (χ4n) is 2.24. The van der Waals surface area contributed by atoms with Crippen molar-refractivity contribution in [3.63, 3.8) is 0 Å². The van der Waals surface area contributed by atoms with Crippen LogP contribution in [0, 0.1) is 0 Å². The number of ether oxygens (including phenoxy) is 2. The fraction of sp³-hybridized carbons (Fsp3) is 0.222. The van der Waals surface area contributed by atoms with E-state index in [1.54, 1.807) is 0 Å². The topological polar surface area (TPSA) is 61.6 Å². The van der Waals surface area contributed by atoms with E-state index in [2.05, 4.69) is 10.3 Å². The molecule has 1 aliphatic rings. The largest absolute Gasteiger partial charge is 0.488 e. The summed E-state index contributed by atoms with van der Waals surface area (Å²) < 4.78 is 11.5. The Morgan fingerprint density at radius 2 is 1.88 bits per heavy atom. The molecule has 0 N–H and O–H groups in total. The van der Waals surface area contributed by atoms with E-state index in [9.17, 15) is 0 Å². The van der Waals surface area contributed by atoms with Crippen molar-refractivity contribution >= 4 is 11.6 Å². The minimum absolute atomic E-state index is 0.277. The lowest BCUT2D eigenvalue weighted by atomic mass is 10.1. The second kappa shape index (κ2) is 8.01. The van der Waals surface area contributed by atoms with Gasteiger partial charge in [-0.2, -0.15) is 0 Å². The number of para-hydroxylation sites is 1. The molecule has 1 heterocycles. The van der Waals surface area contributed by atoms with E-state index in [0.717, 1.165) is 11.1 Å². The average molecular weight is 326 g/mol. The molecule has 2 aromatic carbocycles. The SMILES string of the molecule is CO/N=C(\C1=NOCCO1)c1ccccc1OCc1ccccc1. The quantitative estimate of drug-likeness (QED) is 0.605. The molecule has 24 heavy (non-hydrogen) atoms. The lowest BCUT2D eigenvalue weighted by molar-refractivity contribution is 0.0672. The minimum atomic E-state index is 0.277. The van der Waals surface area contributed by atoms with E-state index >= 15 is 0 Å². The molecular formula is C18H18N2O4. The van der Waals surface area contributed by atoms with Gasteiger partial charge in [0.05, 0.1) is 5.56 Å². The molecule has 0 radical (unpaired) electrons. The molecule has 0 spiro atoms. The summed E-state index contributed by atoms with van der Waals surface area (Å²) in [6.45, 7) is 1.27. The average Bonchev–Trinajstić information content (AvgIpc) is 2.66. The number of hydrogen-bond donors (Lipinski definition) is 0. The van der Waals surface area contributed by atoms with Crippen LogP contribution in [0.25, 0.3) is 0 Å². The molecule has 0 aromatic heterocycles. The van der Waals surface area contributed by atoms with Crippen molar-refractivity contribution in [1.82, 2.24) is 0 Å². The molecule has 2 aromatic rings. The molecule has 0 fully saturated rings. The van der Waals surface area contributed by atoms with Crippen molar-refractivity contribution in [3.8, 4) is 5.75 Å². The van der Waals surface area contributed by atoms with Crippen molar-refractivity contribution in [2.45, 2.75) is 6.61 Å². The summed E-state index contributed by atoms with van der Waals surface area (Å²) in [6, 6.07) is 17.5. The van der Waals surface area contributed by atoms with E-state index < -0.39 is 0 Å². The van der Waals surface area contributed by atoms with Gasteiger partial charge in [0.15, 0.2) is 12.3 Å². The van der Waals surface area contributed by atoms with Gasteiger partial charge in [-0.05, 0) is 22.9 Å². The highest BCUT2D eigenvalue weighted by atomic mass is 16.7. The Labute approximate surface area is 140 Å². The van der Waals surface area contributed by atoms with Crippen molar-refractivity contribution in [2.75, 3.05) is 20.3 Å². The summed E-state index contributed by atoms with van der Waals surface area (Å²) in [5.74, 6) is 0.938. The van der Waals surface area contributed by atoms with Gasteiger partial charge in [-0.15, -0.1) is 0 Å². The van der Waals surface area contributed by atoms with Gasteiger partial charge >= 0.3 is 0 Å². The van der Waals surface area contributed by atoms with Crippen LogP contribution in [0.5, 0.6) is 5.75 Å². The van der Waals surface area contributed by atoms with Crippen molar-refractivity contribution < 1.29 is 19.1 Å². The van der Waals surface area contributed by atoms with E-state index in [1.165, 1.54) is 7.11 Å². The van der Waals surface area contributed by atoms with Crippen molar-refractivity contribution in [3.05, 3.63) is 65.7 Å². The van der Waals surface area contributed by atoms with Crippen molar-refractivity contribution in [2.24, 2.45) is 10.3 Å². The molecule has 6 nitrogen and oxygen atoms in total. The summed E-state index contributed by atoms with van der Waals surface area (Å²) in [6.07, 6.45) is 0. The molecule has 0 saturated carbocycles. The predicted molar refractivity (Wildman–Crippen MR) is 90.1 cm³/mol. The van der Waals surface area contributed by atoms with Crippen molar-refractivity contribution in [1.29, 1.82) is 0 Å². The van der Waals surface area contributed by atoms with Crippen LogP contribution < -0.4 is 4.74 Å². The van der Waals surface area contributed by atoms with Gasteiger partial charge < -0.3 is 19.1 Å². The first-order valence-corrected chi connectivity index (χ1v) is 7.59. The zero-order valence-electron chi connectivity index (χ0n) is 13.3. The predicted octanol–water partition coefficient (Wildman–Crippen LogP) is 2.98. The molecular weight excluding hydrogens is 308 g/mol. The normalized spacial score (nSPS) is 14.2. The second-order valence-electron chi connectivity index (χ2n) is 4.97. The molecule has 3 rings (SSSR count). The summed E-state index contributed by atoms with van der Waals surface area (Å²) in [7, 11) is 1.47. The third-order valence-electron chi connectivity index (χ3n) is 3.33. The molecule has 0 saturated heterocycles. The summed E-state index contributed by atoms with van der Waals surface area (Å²) in [4.78, 5) is 10.0. The van der Waals surface area contributed by atoms with E-state index in [-0.39, 0.29) is 5.90 Å². The Morgan fingerprint density at radius 1 is 1.08 bits per heavy atom. The molecule has 0 bridgehead atoms. The summed E-state index contributed by atoms with van der Waals surface area (Å²) in [5, 5.41) is 7.95. The standard InChI is InChI=1S/C18H18N2O4/c1-21-19-17(18-20-24-12-11-22-18)15-9-5-6-10-16(15)23-13-14-7-3-2-4-8-14/h2-10H,11-13H2,1H3/b19-17-. The Balaban J connectivity index is 1.86. The zero-order valence-corrected chi connectivity index (χ0v) is 13.3. The molecule has 1 aliphatic heterocycles. The number of rotatable bonds is 6. The highest BCUT2D eigenvalue weighted by Crippen LogP contribution is 2.22. The van der Waals surface area contributed by atoms with Crippen LogP contribution in [0.1, 0.15) is 11.1 Å². The summed E-state index contributed by atoms with van der Waals surface area (Å²) >= 11 is 0. The van der Waals surface area contributed by atoms with Gasteiger partial charge in [0.1, 0.15) is 26.1 Å². The Hall–Kier alpha value is -3.02. The molecule has 0 amide bonds. The van der Waals surface area contributed by atoms with Gasteiger partial charge in [-0.25, -0.2) is 0 Å². The van der Waals surface area contributed by atoms with Gasteiger partial charge in [0.2, 0.25) is 0 Å². The second-order valence-corrected chi connectivity index (χ2v) is 4.97. The Kier molecular flexibility index (Phi) is 5.29. The monoisotopic (exact) mass is 326 g/mol. The Bertz CT molecular complexity index is 729. The third kappa shape index (κ3) is 3.84. The van der Waals surface area contributed by atoms with Crippen LogP contribution in [0.2, 0.25) is 0 Å². The molecule has 6 heteroatoms. The van der Waals surface area contributed by atoms with E-state index in [4.69, 9.17) is 19.1 Å². The van der Waals surface area contributed by atoms with Crippen LogP contribution in [0.3, 0.4) is 0 Å². The van der Waals surface area contributed by atoms with Gasteiger partial charge in [-0.1, -0.05) is 47.6 Å². The number of hydrogen-bond acceptors (Lipinski definition) is 6. The maximum atomic E-state index is 5.95. The van der Waals surface area contributed by atoms with Crippen LogP contribution in [0.4, 0.5) is 0 Å². The molecule has 0 unspecified atom stereocenters. The van der Waals surface area contributed by atoms with Gasteiger partial charge in [-0.3, -0.25) is 0 Å². The smallest absolute Gasteiger partial charge is 0.280 e. The number of oxime groups is 2. The highest BCUT2D eigenvalue weighted by Gasteiger charge is 2.22. The first-order chi connectivity index (χ1) is 11.9. The lowest BCUT2D eigenvalue weighted by Crippen LogP contribution is -2.26. The van der Waals surface area contributed by atoms with Crippen LogP contribution in [0.15, 0.2) is 64.9 Å². The van der Waals surface area contributed by atoms with Gasteiger partial charge in [0, 0.05) is 0 Å². The van der Waals surface area contributed by atoms with E-state index in [1.807, 2.05) is 54.6 Å². The zero-order chi connectivity index (χ0) is 16.6. The van der Waals surface area contributed by atoms with Crippen LogP contribution >= 0.6 is 0 Å². The van der Waals surface area contributed by atoms with Crippen LogP contribution in [-0.2, 0) is 21.0 Å². The molecule has 0 aliphatic carbocycles. The first-order valence-electron chi connectivity index (χ1n) is 7.59. The number of nitrogens with zero attached hydrogens (tertiary/aromatic N) is 2. The third-order valence-corrected chi connectivity index (χ3v) is 3.33. The fourth-order valence-corrected chi connectivity index (χ4v) is 2.24. The van der Waals surface area contributed by atoms with Crippen LogP contribution in [-0.4, -0.2) is 31.9 Å². The lowest BCUT2D eigenvalue weighted by Gasteiger charge is -2.17.